The van der Waals surface area contributed by atoms with Crippen molar-refractivity contribution in [3.8, 4) is 5.75 Å². The van der Waals surface area contributed by atoms with E-state index in [1.54, 1.807) is 42.1 Å². The van der Waals surface area contributed by atoms with Gasteiger partial charge in [-0.05, 0) is 24.3 Å². The number of methoxy groups -OCH3 is 1. The third kappa shape index (κ3) is 2.72. The van der Waals surface area contributed by atoms with Crippen LogP contribution in [-0.2, 0) is 6.54 Å². The monoisotopic (exact) mass is 243 g/mol. The molecular weight excluding hydrogens is 231 g/mol. The van der Waals surface area contributed by atoms with E-state index in [1.807, 2.05) is 0 Å². The lowest BCUT2D eigenvalue weighted by molar-refractivity contribution is -0.136. The van der Waals surface area contributed by atoms with Crippen LogP contribution in [0.25, 0.3) is 10.9 Å². The number of benzene rings is 1. The Morgan fingerprint density at radius 3 is 2.65 bits per heavy atom. The van der Waals surface area contributed by atoms with Gasteiger partial charge in [-0.3, -0.25) is 0 Å². The van der Waals surface area contributed by atoms with Gasteiger partial charge in [-0.15, -0.1) is 0 Å². The molecule has 0 N–H and O–H groups in total. The number of halogens is 3. The maximum Gasteiger partial charge on any atom is 0.390 e. The fourth-order valence-electron chi connectivity index (χ4n) is 1.75. The first-order valence-corrected chi connectivity index (χ1v) is 5.19. The Balaban J connectivity index is 2.24. The van der Waals surface area contributed by atoms with E-state index in [2.05, 4.69) is 0 Å². The molecule has 2 rings (SSSR count). The molecule has 2 nitrogen and oxygen atoms in total. The molecule has 0 amide bonds. The number of hydrogen-bond acceptors (Lipinski definition) is 1. The minimum Gasteiger partial charge on any atom is -0.497 e. The lowest BCUT2D eigenvalue weighted by Crippen LogP contribution is -2.11. The van der Waals surface area contributed by atoms with Crippen molar-refractivity contribution < 1.29 is 17.9 Å². The van der Waals surface area contributed by atoms with Crippen molar-refractivity contribution >= 4 is 10.9 Å². The highest BCUT2D eigenvalue weighted by atomic mass is 19.4. The second kappa shape index (κ2) is 4.31. The van der Waals surface area contributed by atoms with Crippen molar-refractivity contribution in [2.45, 2.75) is 19.1 Å². The SMILES string of the molecule is COc1ccc2c(ccn2CCC(F)(F)F)c1. The zero-order valence-electron chi connectivity index (χ0n) is 9.29. The van der Waals surface area contributed by atoms with Crippen LogP contribution in [0, 0.1) is 0 Å². The van der Waals surface area contributed by atoms with Crippen LogP contribution in [-0.4, -0.2) is 17.9 Å². The molecule has 92 valence electrons. The van der Waals surface area contributed by atoms with E-state index in [-0.39, 0.29) is 6.54 Å². The van der Waals surface area contributed by atoms with E-state index in [1.165, 1.54) is 0 Å². The molecule has 0 bridgehead atoms. The van der Waals surface area contributed by atoms with Gasteiger partial charge in [-0.2, -0.15) is 13.2 Å². The smallest absolute Gasteiger partial charge is 0.390 e. The van der Waals surface area contributed by atoms with Gasteiger partial charge in [0.05, 0.1) is 13.5 Å². The standard InChI is InChI=1S/C12H12F3NO/c1-17-10-2-3-11-9(8-10)4-6-16(11)7-5-12(13,14)15/h2-4,6,8H,5,7H2,1H3. The van der Waals surface area contributed by atoms with Crippen molar-refractivity contribution in [3.63, 3.8) is 0 Å². The van der Waals surface area contributed by atoms with Gasteiger partial charge >= 0.3 is 6.18 Å². The molecule has 0 saturated heterocycles. The molecule has 1 aromatic heterocycles. The molecule has 0 aliphatic rings. The summed E-state index contributed by atoms with van der Waals surface area (Å²) in [6.07, 6.45) is -3.28. The number of nitrogens with zero attached hydrogens (tertiary/aromatic N) is 1. The van der Waals surface area contributed by atoms with E-state index in [0.29, 0.717) is 5.75 Å². The molecule has 0 spiro atoms. The summed E-state index contributed by atoms with van der Waals surface area (Å²) in [7, 11) is 1.56. The van der Waals surface area contributed by atoms with Crippen molar-refractivity contribution in [3.05, 3.63) is 30.5 Å². The molecule has 0 atom stereocenters. The van der Waals surface area contributed by atoms with Gasteiger partial charge < -0.3 is 9.30 Å². The van der Waals surface area contributed by atoms with Crippen LogP contribution < -0.4 is 4.74 Å². The molecule has 17 heavy (non-hydrogen) atoms. The van der Waals surface area contributed by atoms with Crippen LogP contribution in [0.2, 0.25) is 0 Å². The summed E-state index contributed by atoms with van der Waals surface area (Å²) in [6, 6.07) is 7.10. The van der Waals surface area contributed by atoms with E-state index >= 15 is 0 Å². The summed E-state index contributed by atoms with van der Waals surface area (Å²) >= 11 is 0. The fraction of sp³-hybridized carbons (Fsp3) is 0.333. The summed E-state index contributed by atoms with van der Waals surface area (Å²) in [5.74, 6) is 0.700. The first-order chi connectivity index (χ1) is 7.99. The number of fused-ring (bicyclic) bond motifs is 1. The highest BCUT2D eigenvalue weighted by Gasteiger charge is 2.26. The Morgan fingerprint density at radius 2 is 2.00 bits per heavy atom. The Hall–Kier alpha value is -1.65. The van der Waals surface area contributed by atoms with Crippen LogP contribution in [0.4, 0.5) is 13.2 Å². The number of ether oxygens (including phenoxy) is 1. The van der Waals surface area contributed by atoms with E-state index in [4.69, 9.17) is 4.74 Å². The molecule has 1 aromatic carbocycles. The summed E-state index contributed by atoms with van der Waals surface area (Å²) < 4.78 is 43.1. The van der Waals surface area contributed by atoms with Crippen LogP contribution in [0.3, 0.4) is 0 Å². The normalized spacial score (nSPS) is 12.0. The van der Waals surface area contributed by atoms with Gasteiger partial charge in [-0.1, -0.05) is 0 Å². The van der Waals surface area contributed by atoms with Crippen molar-refractivity contribution in [1.82, 2.24) is 4.57 Å². The Labute approximate surface area is 96.6 Å². The molecule has 0 fully saturated rings. The molecule has 0 radical (unpaired) electrons. The molecular formula is C12H12F3NO. The van der Waals surface area contributed by atoms with Crippen molar-refractivity contribution in [2.24, 2.45) is 0 Å². The van der Waals surface area contributed by atoms with Gasteiger partial charge in [0.25, 0.3) is 0 Å². The third-order valence-electron chi connectivity index (χ3n) is 2.61. The minimum atomic E-state index is -4.12. The quantitative estimate of drug-likeness (QED) is 0.803. The predicted octanol–water partition coefficient (Wildman–Crippen LogP) is 3.60. The Kier molecular flexibility index (Phi) is 3.00. The number of hydrogen-bond donors (Lipinski definition) is 0. The number of rotatable bonds is 3. The van der Waals surface area contributed by atoms with E-state index in [0.717, 1.165) is 10.9 Å². The zero-order chi connectivity index (χ0) is 12.5. The fourth-order valence-corrected chi connectivity index (χ4v) is 1.75. The summed E-state index contributed by atoms with van der Waals surface area (Å²) in [5.41, 5.74) is 0.787. The topological polar surface area (TPSA) is 14.2 Å². The molecule has 2 aromatic rings. The third-order valence-corrected chi connectivity index (χ3v) is 2.61. The Morgan fingerprint density at radius 1 is 1.24 bits per heavy atom. The lowest BCUT2D eigenvalue weighted by Gasteiger charge is -2.08. The molecule has 1 heterocycles. The molecule has 5 heteroatoms. The second-order valence-electron chi connectivity index (χ2n) is 3.80. The molecule has 0 aliphatic carbocycles. The number of aromatic nitrogens is 1. The van der Waals surface area contributed by atoms with Crippen molar-refractivity contribution in [2.75, 3.05) is 7.11 Å². The summed E-state index contributed by atoms with van der Waals surface area (Å²) in [6.45, 7) is -0.0562. The maximum absolute atomic E-state index is 12.1. The number of aryl methyl sites for hydroxylation is 1. The van der Waals surface area contributed by atoms with Crippen LogP contribution in [0.1, 0.15) is 6.42 Å². The van der Waals surface area contributed by atoms with Gasteiger partial charge in [0.2, 0.25) is 0 Å². The molecule has 0 saturated carbocycles. The van der Waals surface area contributed by atoms with Gasteiger partial charge in [0, 0.05) is 23.6 Å². The van der Waals surface area contributed by atoms with Gasteiger partial charge in [0.15, 0.2) is 0 Å². The average Bonchev–Trinajstić information content (AvgIpc) is 2.67. The van der Waals surface area contributed by atoms with Gasteiger partial charge in [0.1, 0.15) is 5.75 Å². The maximum atomic E-state index is 12.1. The Bertz CT molecular complexity index is 516. The molecule has 0 unspecified atom stereocenters. The predicted molar refractivity (Wildman–Crippen MR) is 59.2 cm³/mol. The highest BCUT2D eigenvalue weighted by Crippen LogP contribution is 2.25. The van der Waals surface area contributed by atoms with E-state index in [9.17, 15) is 13.2 Å². The first kappa shape index (κ1) is 11.8. The van der Waals surface area contributed by atoms with Crippen LogP contribution in [0.5, 0.6) is 5.75 Å². The van der Waals surface area contributed by atoms with Crippen LogP contribution in [0.15, 0.2) is 30.5 Å². The van der Waals surface area contributed by atoms with Crippen LogP contribution >= 0.6 is 0 Å². The first-order valence-electron chi connectivity index (χ1n) is 5.19. The number of alkyl halides is 3. The van der Waals surface area contributed by atoms with Crippen molar-refractivity contribution in [1.29, 1.82) is 0 Å². The molecule has 0 aliphatic heterocycles. The zero-order valence-corrected chi connectivity index (χ0v) is 9.29. The minimum absolute atomic E-state index is 0.0562. The summed E-state index contributed by atoms with van der Waals surface area (Å²) in [5, 5.41) is 0.881. The van der Waals surface area contributed by atoms with E-state index < -0.39 is 12.6 Å². The van der Waals surface area contributed by atoms with Gasteiger partial charge in [-0.25, -0.2) is 0 Å². The summed E-state index contributed by atoms with van der Waals surface area (Å²) in [4.78, 5) is 0. The highest BCUT2D eigenvalue weighted by molar-refractivity contribution is 5.81. The average molecular weight is 243 g/mol. The largest absolute Gasteiger partial charge is 0.497 e. The second-order valence-corrected chi connectivity index (χ2v) is 3.80. The lowest BCUT2D eigenvalue weighted by atomic mass is 10.2.